The number of aromatic nitrogens is 2. The van der Waals surface area contributed by atoms with E-state index in [2.05, 4.69) is 25.6 Å². The number of anilines is 1. The van der Waals surface area contributed by atoms with E-state index in [1.165, 1.54) is 0 Å². The zero-order valence-electron chi connectivity index (χ0n) is 17.0. The molecule has 2 heterocycles. The lowest BCUT2D eigenvalue weighted by molar-refractivity contribution is -0.117. The molecule has 3 N–H and O–H groups in total. The molecule has 1 saturated heterocycles. The Hall–Kier alpha value is -2.62. The Morgan fingerprint density at radius 1 is 1.20 bits per heavy atom. The lowest BCUT2D eigenvalue weighted by atomic mass is 10.2. The Bertz CT molecular complexity index is 970. The van der Waals surface area contributed by atoms with Crippen LogP contribution in [-0.4, -0.2) is 48.0 Å². The Morgan fingerprint density at radius 2 is 1.97 bits per heavy atom. The van der Waals surface area contributed by atoms with E-state index < -0.39 is 0 Å². The van der Waals surface area contributed by atoms with Crippen LogP contribution in [0.4, 0.5) is 5.69 Å². The first-order chi connectivity index (χ1) is 14.2. The van der Waals surface area contributed by atoms with Crippen molar-refractivity contribution in [2.24, 2.45) is 4.99 Å². The lowest BCUT2D eigenvalue weighted by Crippen LogP contribution is -2.44. The molecule has 1 atom stereocenters. The molecule has 4 rings (SSSR count). The summed E-state index contributed by atoms with van der Waals surface area (Å²) in [6, 6.07) is 17.9. The number of carbonyl (C=O) groups excluding carboxylic acids is 1. The van der Waals surface area contributed by atoms with Crippen LogP contribution in [0.15, 0.2) is 59.6 Å². The number of hydrogen-bond acceptors (Lipinski definition) is 3. The molecule has 3 aromatic rings. The van der Waals surface area contributed by atoms with Gasteiger partial charge in [0.05, 0.1) is 17.1 Å². The van der Waals surface area contributed by atoms with Gasteiger partial charge in [-0.2, -0.15) is 0 Å². The van der Waals surface area contributed by atoms with Crippen LogP contribution in [0.25, 0.3) is 11.0 Å². The second kappa shape index (κ2) is 10.4. The van der Waals surface area contributed by atoms with Crippen molar-refractivity contribution in [2.45, 2.75) is 25.3 Å². The number of amides is 1. The predicted octanol–water partition coefficient (Wildman–Crippen LogP) is 3.08. The van der Waals surface area contributed by atoms with E-state index in [9.17, 15) is 4.79 Å². The number of aromatic amines is 1. The van der Waals surface area contributed by atoms with Gasteiger partial charge in [-0.25, -0.2) is 4.98 Å². The number of guanidine groups is 1. The molecule has 158 valence electrons. The topological polar surface area (TPSA) is 85.4 Å². The summed E-state index contributed by atoms with van der Waals surface area (Å²) in [4.78, 5) is 26.4. The summed E-state index contributed by atoms with van der Waals surface area (Å²) in [6.45, 7) is 1.42. The number of H-pyrrole nitrogens is 1. The largest absolute Gasteiger partial charge is 0.356 e. The number of hydrogen-bond donors (Lipinski definition) is 3. The van der Waals surface area contributed by atoms with Crippen molar-refractivity contribution in [2.75, 3.05) is 25.0 Å². The molecule has 1 aromatic heterocycles. The van der Waals surface area contributed by atoms with E-state index in [4.69, 9.17) is 0 Å². The number of halogens is 1. The van der Waals surface area contributed by atoms with Crippen molar-refractivity contribution in [3.05, 3.63) is 60.4 Å². The number of fused-ring (bicyclic) bond motifs is 1. The van der Waals surface area contributed by atoms with E-state index in [-0.39, 0.29) is 35.9 Å². The highest BCUT2D eigenvalue weighted by atomic mass is 127. The summed E-state index contributed by atoms with van der Waals surface area (Å²) in [7, 11) is 1.75. The third-order valence-corrected chi connectivity index (χ3v) is 5.08. The summed E-state index contributed by atoms with van der Waals surface area (Å²) in [6.07, 6.45) is 2.26. The fourth-order valence-electron chi connectivity index (χ4n) is 3.64. The summed E-state index contributed by atoms with van der Waals surface area (Å²) >= 11 is 0. The average molecular weight is 518 g/mol. The number of imidazole rings is 1. The van der Waals surface area contributed by atoms with Crippen LogP contribution in [0.2, 0.25) is 0 Å². The average Bonchev–Trinajstić information content (AvgIpc) is 3.33. The summed E-state index contributed by atoms with van der Waals surface area (Å²) in [5.74, 6) is 1.85. The van der Waals surface area contributed by atoms with Crippen LogP contribution in [0.3, 0.4) is 0 Å². The molecule has 2 aromatic carbocycles. The molecule has 0 bridgehead atoms. The first kappa shape index (κ1) is 22.1. The third kappa shape index (κ3) is 5.29. The number of nitrogens with one attached hydrogen (secondary N) is 3. The van der Waals surface area contributed by atoms with Gasteiger partial charge in [-0.1, -0.05) is 30.3 Å². The molecule has 30 heavy (non-hydrogen) atoms. The second-order valence-corrected chi connectivity index (χ2v) is 7.19. The standard InChI is InChI=1S/C22H26N6O.HI/c1-23-22(24-13-7-12-20-26-18-10-5-6-11-19(18)27-20)25-16-14-21(29)28(15-16)17-8-3-2-4-9-17;/h2-6,8-11,16H,7,12-15H2,1H3,(H,26,27)(H2,23,24,25);1H. The monoisotopic (exact) mass is 518 g/mol. The highest BCUT2D eigenvalue weighted by molar-refractivity contribution is 14.0. The smallest absolute Gasteiger partial charge is 0.229 e. The molecule has 0 aliphatic carbocycles. The van der Waals surface area contributed by atoms with Gasteiger partial charge in [-0.15, -0.1) is 24.0 Å². The highest BCUT2D eigenvalue weighted by Crippen LogP contribution is 2.20. The maximum absolute atomic E-state index is 12.4. The van der Waals surface area contributed by atoms with Crippen LogP contribution >= 0.6 is 24.0 Å². The first-order valence-electron chi connectivity index (χ1n) is 9.99. The molecule has 1 aliphatic rings. The van der Waals surface area contributed by atoms with Crippen molar-refractivity contribution in [1.29, 1.82) is 0 Å². The molecule has 8 heteroatoms. The van der Waals surface area contributed by atoms with Crippen molar-refractivity contribution in [1.82, 2.24) is 20.6 Å². The number of rotatable bonds is 6. The Morgan fingerprint density at radius 3 is 2.73 bits per heavy atom. The molecule has 1 aliphatic heterocycles. The summed E-state index contributed by atoms with van der Waals surface area (Å²) in [5.41, 5.74) is 3.01. The number of aryl methyl sites for hydroxylation is 1. The first-order valence-corrected chi connectivity index (χ1v) is 9.99. The zero-order chi connectivity index (χ0) is 20.1. The van der Waals surface area contributed by atoms with Crippen LogP contribution in [0.5, 0.6) is 0 Å². The van der Waals surface area contributed by atoms with E-state index in [0.29, 0.717) is 13.0 Å². The zero-order valence-corrected chi connectivity index (χ0v) is 19.3. The molecule has 1 amide bonds. The van der Waals surface area contributed by atoms with Gasteiger partial charge in [0.25, 0.3) is 0 Å². The second-order valence-electron chi connectivity index (χ2n) is 7.19. The SMILES string of the molecule is CN=C(NCCCc1nc2ccccc2[nH]1)NC1CC(=O)N(c2ccccc2)C1.I. The molecule has 0 saturated carbocycles. The van der Waals surface area contributed by atoms with Gasteiger partial charge in [0, 0.05) is 38.7 Å². The van der Waals surface area contributed by atoms with Gasteiger partial charge < -0.3 is 20.5 Å². The third-order valence-electron chi connectivity index (χ3n) is 5.08. The lowest BCUT2D eigenvalue weighted by Gasteiger charge is -2.19. The molecule has 7 nitrogen and oxygen atoms in total. The van der Waals surface area contributed by atoms with Gasteiger partial charge in [0.1, 0.15) is 5.82 Å². The fourth-order valence-corrected chi connectivity index (χ4v) is 3.64. The van der Waals surface area contributed by atoms with E-state index in [0.717, 1.165) is 47.9 Å². The van der Waals surface area contributed by atoms with Crippen LogP contribution in [-0.2, 0) is 11.2 Å². The van der Waals surface area contributed by atoms with Crippen molar-refractivity contribution >= 4 is 52.6 Å². The predicted molar refractivity (Wildman–Crippen MR) is 132 cm³/mol. The van der Waals surface area contributed by atoms with Gasteiger partial charge in [-0.05, 0) is 30.7 Å². The fraction of sp³-hybridized carbons (Fsp3) is 0.318. The Balaban J connectivity index is 0.00000256. The number of aliphatic imine (C=N–C) groups is 1. The minimum absolute atomic E-state index is 0. The van der Waals surface area contributed by atoms with E-state index >= 15 is 0 Å². The minimum atomic E-state index is 0. The van der Waals surface area contributed by atoms with Crippen LogP contribution < -0.4 is 15.5 Å². The maximum atomic E-state index is 12.4. The van der Waals surface area contributed by atoms with Crippen molar-refractivity contribution in [3.8, 4) is 0 Å². The quantitative estimate of drug-likeness (QED) is 0.203. The Kier molecular flexibility index (Phi) is 7.67. The van der Waals surface area contributed by atoms with Crippen molar-refractivity contribution in [3.63, 3.8) is 0 Å². The van der Waals surface area contributed by atoms with Gasteiger partial charge in [0.15, 0.2) is 5.96 Å². The minimum Gasteiger partial charge on any atom is -0.356 e. The van der Waals surface area contributed by atoms with E-state index in [1.54, 1.807) is 7.05 Å². The van der Waals surface area contributed by atoms with Crippen LogP contribution in [0.1, 0.15) is 18.7 Å². The number of carbonyl (C=O) groups is 1. The summed E-state index contributed by atoms with van der Waals surface area (Å²) in [5, 5.41) is 6.71. The molecule has 0 radical (unpaired) electrons. The number of para-hydroxylation sites is 3. The normalized spacial score (nSPS) is 16.6. The number of nitrogens with zero attached hydrogens (tertiary/aromatic N) is 3. The Labute approximate surface area is 193 Å². The van der Waals surface area contributed by atoms with Gasteiger partial charge >= 0.3 is 0 Å². The van der Waals surface area contributed by atoms with Gasteiger partial charge in [0.2, 0.25) is 5.91 Å². The molecular weight excluding hydrogens is 491 g/mol. The highest BCUT2D eigenvalue weighted by Gasteiger charge is 2.30. The number of benzene rings is 2. The molecule has 1 unspecified atom stereocenters. The van der Waals surface area contributed by atoms with Gasteiger partial charge in [-0.3, -0.25) is 9.79 Å². The molecule has 1 fully saturated rings. The van der Waals surface area contributed by atoms with E-state index in [1.807, 2.05) is 59.5 Å². The molecule has 0 spiro atoms. The molecular formula is C22H27IN6O. The van der Waals surface area contributed by atoms with Crippen molar-refractivity contribution < 1.29 is 4.79 Å². The maximum Gasteiger partial charge on any atom is 0.229 e. The summed E-state index contributed by atoms with van der Waals surface area (Å²) < 4.78 is 0. The van der Waals surface area contributed by atoms with Crippen LogP contribution in [0, 0.1) is 0 Å².